The van der Waals surface area contributed by atoms with Crippen molar-refractivity contribution in [1.82, 2.24) is 20.2 Å². The first-order valence-electron chi connectivity index (χ1n) is 14.9. The first-order chi connectivity index (χ1) is 20.7. The van der Waals surface area contributed by atoms with Gasteiger partial charge in [0.1, 0.15) is 6.04 Å². The largest absolute Gasteiger partial charge is 0.395 e. The zero-order valence-electron chi connectivity index (χ0n) is 25.2. The monoisotopic (exact) mass is 585 g/mol. The number of hydrogen-bond acceptors (Lipinski definition) is 7. The minimum Gasteiger partial charge on any atom is -0.395 e. The Hall–Kier alpha value is -3.92. The van der Waals surface area contributed by atoms with Gasteiger partial charge in [0.15, 0.2) is 5.82 Å². The van der Waals surface area contributed by atoms with Crippen molar-refractivity contribution in [1.29, 1.82) is 0 Å². The van der Waals surface area contributed by atoms with Crippen molar-refractivity contribution < 1.29 is 19.4 Å². The van der Waals surface area contributed by atoms with Crippen LogP contribution in [0.15, 0.2) is 85.2 Å². The van der Waals surface area contributed by atoms with Gasteiger partial charge >= 0.3 is 0 Å². The summed E-state index contributed by atoms with van der Waals surface area (Å²) in [6.07, 6.45) is 9.11. The maximum atomic E-state index is 13.9. The van der Waals surface area contributed by atoms with Crippen molar-refractivity contribution in [2.75, 3.05) is 13.2 Å². The van der Waals surface area contributed by atoms with E-state index in [4.69, 9.17) is 10.5 Å². The number of nitrogens with one attached hydrogen (secondary N) is 1. The third-order valence-corrected chi connectivity index (χ3v) is 7.83. The van der Waals surface area contributed by atoms with E-state index in [0.717, 1.165) is 29.5 Å². The summed E-state index contributed by atoms with van der Waals surface area (Å²) >= 11 is 0. The lowest BCUT2D eigenvalue weighted by molar-refractivity contribution is -0.141. The van der Waals surface area contributed by atoms with Crippen molar-refractivity contribution in [3.05, 3.63) is 96.3 Å². The molecule has 228 valence electrons. The molecule has 1 fully saturated rings. The molecule has 0 bridgehead atoms. The molecule has 1 aromatic heterocycles. The van der Waals surface area contributed by atoms with Gasteiger partial charge < -0.3 is 25.8 Å². The molecular formula is C34H43N5O4. The van der Waals surface area contributed by atoms with Crippen LogP contribution in [-0.4, -0.2) is 69.2 Å². The molecule has 9 heteroatoms. The number of amides is 2. The Bertz CT molecular complexity index is 1370. The number of ether oxygens (including phenoxy) is 1. The minimum atomic E-state index is -0.886. The van der Waals surface area contributed by atoms with E-state index in [1.165, 1.54) is 0 Å². The smallest absolute Gasteiger partial charge is 0.248 e. The number of nitrogens with zero attached hydrogens (tertiary/aromatic N) is 3. The number of likely N-dealkylation sites (tertiary alicyclic amines) is 1. The van der Waals surface area contributed by atoms with Crippen LogP contribution in [0.3, 0.4) is 0 Å². The van der Waals surface area contributed by atoms with E-state index in [-0.39, 0.29) is 18.6 Å². The highest BCUT2D eigenvalue weighted by atomic mass is 16.5. The summed E-state index contributed by atoms with van der Waals surface area (Å²) in [5, 5.41) is 13.2. The number of aliphatic hydroxyl groups is 1. The van der Waals surface area contributed by atoms with Gasteiger partial charge in [0.25, 0.3) is 0 Å². The summed E-state index contributed by atoms with van der Waals surface area (Å²) in [5.74, 6) is 0.0390. The van der Waals surface area contributed by atoms with Gasteiger partial charge in [-0.25, -0.2) is 9.97 Å². The van der Waals surface area contributed by atoms with Crippen molar-refractivity contribution in [3.8, 4) is 11.4 Å². The molecule has 2 heterocycles. The van der Waals surface area contributed by atoms with Crippen LogP contribution < -0.4 is 11.1 Å². The number of benzene rings is 2. The van der Waals surface area contributed by atoms with Crippen LogP contribution in [0.5, 0.6) is 0 Å². The predicted molar refractivity (Wildman–Crippen MR) is 167 cm³/mol. The number of aliphatic hydroxyl groups excluding tert-OH is 1. The van der Waals surface area contributed by atoms with Gasteiger partial charge in [0.05, 0.1) is 31.4 Å². The molecule has 0 aliphatic carbocycles. The van der Waals surface area contributed by atoms with Gasteiger partial charge in [-0.15, -0.1) is 0 Å². The van der Waals surface area contributed by atoms with Crippen LogP contribution in [-0.2, 0) is 27.4 Å². The quantitative estimate of drug-likeness (QED) is 0.261. The Morgan fingerprint density at radius 1 is 1.12 bits per heavy atom. The molecule has 9 nitrogen and oxygen atoms in total. The molecule has 1 unspecified atom stereocenters. The van der Waals surface area contributed by atoms with Crippen molar-refractivity contribution in [2.45, 2.75) is 70.9 Å². The van der Waals surface area contributed by atoms with Gasteiger partial charge in [-0.05, 0) is 56.4 Å². The Morgan fingerprint density at radius 2 is 1.84 bits per heavy atom. The molecule has 1 saturated heterocycles. The number of aromatic nitrogens is 2. The summed E-state index contributed by atoms with van der Waals surface area (Å²) in [7, 11) is 0. The average molecular weight is 586 g/mol. The van der Waals surface area contributed by atoms with Gasteiger partial charge in [0, 0.05) is 29.9 Å². The second-order valence-corrected chi connectivity index (χ2v) is 11.6. The maximum absolute atomic E-state index is 13.9. The van der Waals surface area contributed by atoms with E-state index in [0.29, 0.717) is 25.4 Å². The van der Waals surface area contributed by atoms with Crippen LogP contribution in [0, 0.1) is 5.41 Å². The zero-order chi connectivity index (χ0) is 30.8. The summed E-state index contributed by atoms with van der Waals surface area (Å²) in [5.41, 5.74) is 8.22. The van der Waals surface area contributed by atoms with Gasteiger partial charge in [0.2, 0.25) is 11.8 Å². The molecule has 0 radical (unpaired) electrons. The molecule has 4 rings (SSSR count). The fourth-order valence-electron chi connectivity index (χ4n) is 5.25. The highest BCUT2D eigenvalue weighted by Gasteiger charge is 2.37. The van der Waals surface area contributed by atoms with E-state index >= 15 is 0 Å². The summed E-state index contributed by atoms with van der Waals surface area (Å²) in [6.45, 7) is 6.21. The molecule has 43 heavy (non-hydrogen) atoms. The Kier molecular flexibility index (Phi) is 11.2. The lowest BCUT2D eigenvalue weighted by atomic mass is 9.83. The SMILES string of the molecule is C[C@H](N)C(=O)N[C@H](C(=O)N1CCCC1/C=C/[C@](C)(CO)Cc1cccc(-c2ncccn2)c1)[C@@H](C)OCc1ccccc1. The lowest BCUT2D eigenvalue weighted by Gasteiger charge is -2.32. The highest BCUT2D eigenvalue weighted by molar-refractivity contribution is 5.90. The number of carbonyl (C=O) groups is 2. The fourth-order valence-corrected chi connectivity index (χ4v) is 5.25. The van der Waals surface area contributed by atoms with Crippen LogP contribution in [0.25, 0.3) is 11.4 Å². The van der Waals surface area contributed by atoms with Crippen LogP contribution in [0.1, 0.15) is 44.7 Å². The zero-order valence-corrected chi connectivity index (χ0v) is 25.2. The van der Waals surface area contributed by atoms with Crippen molar-refractivity contribution >= 4 is 11.8 Å². The van der Waals surface area contributed by atoms with Crippen LogP contribution in [0.2, 0.25) is 0 Å². The fraction of sp³-hybridized carbons (Fsp3) is 0.412. The van der Waals surface area contributed by atoms with Crippen LogP contribution in [0.4, 0.5) is 0 Å². The summed E-state index contributed by atoms with van der Waals surface area (Å²) in [4.78, 5) is 37.0. The number of rotatable bonds is 13. The molecule has 1 aliphatic rings. The molecular weight excluding hydrogens is 542 g/mol. The molecule has 3 aromatic rings. The van der Waals surface area contributed by atoms with Gasteiger partial charge in [-0.2, -0.15) is 0 Å². The summed E-state index contributed by atoms with van der Waals surface area (Å²) in [6, 6.07) is 17.7. The summed E-state index contributed by atoms with van der Waals surface area (Å²) < 4.78 is 6.06. The molecule has 2 amide bonds. The Labute approximate surface area is 254 Å². The predicted octanol–water partition coefficient (Wildman–Crippen LogP) is 3.67. The van der Waals surface area contributed by atoms with Crippen LogP contribution >= 0.6 is 0 Å². The molecule has 5 atom stereocenters. The van der Waals surface area contributed by atoms with E-state index < -0.39 is 29.5 Å². The Balaban J connectivity index is 1.47. The number of nitrogens with two attached hydrogens (primary N) is 1. The van der Waals surface area contributed by atoms with Crippen molar-refractivity contribution in [3.63, 3.8) is 0 Å². The van der Waals surface area contributed by atoms with Crippen molar-refractivity contribution in [2.24, 2.45) is 11.1 Å². The van der Waals surface area contributed by atoms with E-state index in [9.17, 15) is 14.7 Å². The minimum absolute atomic E-state index is 0.0618. The first-order valence-corrected chi connectivity index (χ1v) is 14.9. The topological polar surface area (TPSA) is 131 Å². The third kappa shape index (κ3) is 8.79. The second kappa shape index (κ2) is 15.0. The van der Waals surface area contributed by atoms with E-state index in [2.05, 4.69) is 15.3 Å². The standard InChI is InChI=1S/C34H43N5O4/c1-24(35)32(41)38-30(25(2)43-22-26-10-5-4-6-11-26)33(42)39-19-8-14-29(39)15-16-34(3,23-40)21-27-12-7-13-28(20-27)31-36-17-9-18-37-31/h4-7,9-13,15-18,20,24-25,29-30,40H,8,14,19,21-23,35H2,1-3H3,(H,38,41)/b16-15+/t24-,25+,29?,30-,34-/m0/s1. The third-order valence-electron chi connectivity index (χ3n) is 7.83. The number of carbonyl (C=O) groups excluding carboxylic acids is 2. The maximum Gasteiger partial charge on any atom is 0.248 e. The molecule has 4 N–H and O–H groups in total. The molecule has 2 aromatic carbocycles. The Morgan fingerprint density at radius 3 is 2.53 bits per heavy atom. The lowest BCUT2D eigenvalue weighted by Crippen LogP contribution is -2.57. The van der Waals surface area contributed by atoms with Gasteiger partial charge in [-0.3, -0.25) is 9.59 Å². The number of hydrogen-bond donors (Lipinski definition) is 3. The highest BCUT2D eigenvalue weighted by Crippen LogP contribution is 2.28. The van der Waals surface area contributed by atoms with E-state index in [1.54, 1.807) is 37.2 Å². The second-order valence-electron chi connectivity index (χ2n) is 11.6. The normalized spacial score (nSPS) is 18.6. The molecule has 0 saturated carbocycles. The first kappa shape index (κ1) is 32.0. The molecule has 0 spiro atoms. The van der Waals surface area contributed by atoms with Gasteiger partial charge in [-0.1, -0.05) is 67.6 Å². The van der Waals surface area contributed by atoms with E-state index in [1.807, 2.05) is 73.7 Å². The molecule has 1 aliphatic heterocycles. The average Bonchev–Trinajstić information content (AvgIpc) is 3.51.